The molecule has 0 spiro atoms. The average Bonchev–Trinajstić information content (AvgIpc) is 2.63. The summed E-state index contributed by atoms with van der Waals surface area (Å²) < 4.78 is 0. The number of rotatable bonds is 5. The zero-order chi connectivity index (χ0) is 17.6. The summed E-state index contributed by atoms with van der Waals surface area (Å²) in [6.07, 6.45) is 0. The van der Waals surface area contributed by atoms with Crippen molar-refractivity contribution in [3.8, 4) is 0 Å². The van der Waals surface area contributed by atoms with Crippen molar-refractivity contribution in [2.75, 3.05) is 42.9 Å². The van der Waals surface area contributed by atoms with Gasteiger partial charge in [-0.1, -0.05) is 30.3 Å². The van der Waals surface area contributed by atoms with Gasteiger partial charge in [-0.3, -0.25) is 14.5 Å². The molecule has 5 nitrogen and oxygen atoms in total. The highest BCUT2D eigenvalue weighted by Crippen LogP contribution is 2.16. The monoisotopic (exact) mass is 337 g/mol. The Morgan fingerprint density at radius 3 is 2.36 bits per heavy atom. The lowest BCUT2D eigenvalue weighted by Crippen LogP contribution is -2.48. The van der Waals surface area contributed by atoms with Crippen molar-refractivity contribution in [3.05, 3.63) is 60.2 Å². The molecule has 1 N–H and O–H groups in total. The van der Waals surface area contributed by atoms with Gasteiger partial charge in [0.05, 0.1) is 6.54 Å². The number of nitrogens with one attached hydrogen (secondary N) is 1. The Hall–Kier alpha value is -2.66. The Morgan fingerprint density at radius 1 is 0.960 bits per heavy atom. The smallest absolute Gasteiger partial charge is 0.238 e. The SMILES string of the molecule is CC(=O)c1cccc(NC(=O)CN2CCN(c3ccccc3)CC2)c1. The highest BCUT2D eigenvalue weighted by atomic mass is 16.2. The normalized spacial score (nSPS) is 15.0. The number of para-hydroxylation sites is 1. The molecular formula is C20H23N3O2. The van der Waals surface area contributed by atoms with E-state index >= 15 is 0 Å². The van der Waals surface area contributed by atoms with Gasteiger partial charge in [0.1, 0.15) is 0 Å². The number of benzene rings is 2. The minimum atomic E-state index is -0.0473. The first-order chi connectivity index (χ1) is 12.1. The second-order valence-electron chi connectivity index (χ2n) is 6.28. The molecule has 0 aromatic heterocycles. The molecule has 2 aromatic rings. The third kappa shape index (κ3) is 4.67. The van der Waals surface area contributed by atoms with Crippen molar-refractivity contribution in [1.82, 2.24) is 4.90 Å². The summed E-state index contributed by atoms with van der Waals surface area (Å²) in [5, 5.41) is 2.88. The van der Waals surface area contributed by atoms with Crippen molar-refractivity contribution in [2.45, 2.75) is 6.92 Å². The Balaban J connectivity index is 1.49. The minimum absolute atomic E-state index is 0.00636. The van der Waals surface area contributed by atoms with Gasteiger partial charge < -0.3 is 10.2 Å². The maximum absolute atomic E-state index is 12.3. The molecule has 0 bridgehead atoms. The summed E-state index contributed by atoms with van der Waals surface area (Å²) in [7, 11) is 0. The molecule has 25 heavy (non-hydrogen) atoms. The molecule has 5 heteroatoms. The number of Topliss-reactive ketones (excluding diaryl/α,β-unsaturated/α-hetero) is 1. The third-order valence-corrected chi connectivity index (χ3v) is 4.41. The number of amides is 1. The standard InChI is InChI=1S/C20H23N3O2/c1-16(24)17-6-5-7-18(14-17)21-20(25)15-22-10-12-23(13-11-22)19-8-3-2-4-9-19/h2-9,14H,10-13,15H2,1H3,(H,21,25). The molecule has 1 aliphatic heterocycles. The maximum Gasteiger partial charge on any atom is 0.238 e. The van der Waals surface area contributed by atoms with Gasteiger partial charge in [-0.05, 0) is 31.2 Å². The van der Waals surface area contributed by atoms with Crippen molar-refractivity contribution < 1.29 is 9.59 Å². The van der Waals surface area contributed by atoms with Gasteiger partial charge in [-0.15, -0.1) is 0 Å². The highest BCUT2D eigenvalue weighted by Gasteiger charge is 2.19. The second-order valence-corrected chi connectivity index (χ2v) is 6.28. The van der Waals surface area contributed by atoms with E-state index in [-0.39, 0.29) is 11.7 Å². The van der Waals surface area contributed by atoms with E-state index in [1.54, 1.807) is 24.3 Å². The summed E-state index contributed by atoms with van der Waals surface area (Å²) in [4.78, 5) is 28.2. The lowest BCUT2D eigenvalue weighted by Gasteiger charge is -2.35. The molecule has 0 radical (unpaired) electrons. The predicted octanol–water partition coefficient (Wildman–Crippen LogP) is 2.65. The zero-order valence-corrected chi connectivity index (χ0v) is 14.4. The van der Waals surface area contributed by atoms with Crippen LogP contribution in [0.25, 0.3) is 0 Å². The summed E-state index contributed by atoms with van der Waals surface area (Å²) in [5.41, 5.74) is 2.50. The number of hydrogen-bond acceptors (Lipinski definition) is 4. The molecule has 3 rings (SSSR count). The van der Waals surface area contributed by atoms with E-state index in [2.05, 4.69) is 27.2 Å². The third-order valence-electron chi connectivity index (χ3n) is 4.41. The van der Waals surface area contributed by atoms with Crippen molar-refractivity contribution in [1.29, 1.82) is 0 Å². The van der Waals surface area contributed by atoms with E-state index in [9.17, 15) is 9.59 Å². The van der Waals surface area contributed by atoms with Gasteiger partial charge in [-0.2, -0.15) is 0 Å². The van der Waals surface area contributed by atoms with Crippen LogP contribution in [-0.2, 0) is 4.79 Å². The molecule has 1 amide bonds. The number of ketones is 1. The average molecular weight is 337 g/mol. The van der Waals surface area contributed by atoms with Crippen LogP contribution in [0.15, 0.2) is 54.6 Å². The van der Waals surface area contributed by atoms with E-state index in [0.29, 0.717) is 17.8 Å². The van der Waals surface area contributed by atoms with Gasteiger partial charge in [-0.25, -0.2) is 0 Å². The molecule has 1 fully saturated rings. The Kier molecular flexibility index (Phi) is 5.46. The Bertz CT molecular complexity index is 738. The van der Waals surface area contributed by atoms with Gasteiger partial charge >= 0.3 is 0 Å². The van der Waals surface area contributed by atoms with Crippen molar-refractivity contribution in [3.63, 3.8) is 0 Å². The van der Waals surface area contributed by atoms with Gasteiger partial charge in [0.2, 0.25) is 5.91 Å². The number of carbonyl (C=O) groups excluding carboxylic acids is 2. The van der Waals surface area contributed by atoms with Crippen LogP contribution < -0.4 is 10.2 Å². The minimum Gasteiger partial charge on any atom is -0.369 e. The quantitative estimate of drug-likeness (QED) is 0.852. The number of piperazine rings is 1. The number of carbonyl (C=O) groups is 2. The summed E-state index contributed by atoms with van der Waals surface area (Å²) in [6.45, 7) is 5.43. The summed E-state index contributed by atoms with van der Waals surface area (Å²) in [5.74, 6) is -0.0537. The number of nitrogens with zero attached hydrogens (tertiary/aromatic N) is 2. The van der Waals surface area contributed by atoms with Gasteiger partial charge in [0, 0.05) is 43.1 Å². The van der Waals surface area contributed by atoms with Gasteiger partial charge in [0.25, 0.3) is 0 Å². The van der Waals surface area contributed by atoms with Crippen LogP contribution in [0.3, 0.4) is 0 Å². The lowest BCUT2D eigenvalue weighted by molar-refractivity contribution is -0.117. The predicted molar refractivity (Wildman–Crippen MR) is 100 cm³/mol. The van der Waals surface area contributed by atoms with Crippen molar-refractivity contribution in [2.24, 2.45) is 0 Å². The fourth-order valence-corrected chi connectivity index (χ4v) is 3.02. The Labute approximate surface area is 148 Å². The van der Waals surface area contributed by atoms with E-state index in [1.165, 1.54) is 12.6 Å². The van der Waals surface area contributed by atoms with Crippen LogP contribution in [0.4, 0.5) is 11.4 Å². The molecule has 130 valence electrons. The fourth-order valence-electron chi connectivity index (χ4n) is 3.02. The zero-order valence-electron chi connectivity index (χ0n) is 14.4. The van der Waals surface area contributed by atoms with E-state index in [4.69, 9.17) is 0 Å². The Morgan fingerprint density at radius 2 is 1.68 bits per heavy atom. The molecule has 0 unspecified atom stereocenters. The molecule has 0 aliphatic carbocycles. The summed E-state index contributed by atoms with van der Waals surface area (Å²) in [6, 6.07) is 17.4. The van der Waals surface area contributed by atoms with E-state index < -0.39 is 0 Å². The topological polar surface area (TPSA) is 52.7 Å². The van der Waals surface area contributed by atoms with Crippen molar-refractivity contribution >= 4 is 23.1 Å². The lowest BCUT2D eigenvalue weighted by atomic mass is 10.1. The maximum atomic E-state index is 12.3. The molecular weight excluding hydrogens is 314 g/mol. The van der Waals surface area contributed by atoms with Crippen LogP contribution >= 0.6 is 0 Å². The molecule has 2 aromatic carbocycles. The highest BCUT2D eigenvalue weighted by molar-refractivity contribution is 5.97. The molecule has 1 saturated heterocycles. The van der Waals surface area contributed by atoms with E-state index in [1.807, 2.05) is 18.2 Å². The molecule has 1 aliphatic rings. The van der Waals surface area contributed by atoms with E-state index in [0.717, 1.165) is 26.2 Å². The first-order valence-electron chi connectivity index (χ1n) is 8.55. The van der Waals surface area contributed by atoms with Crippen LogP contribution in [0.5, 0.6) is 0 Å². The molecule has 1 heterocycles. The summed E-state index contributed by atoms with van der Waals surface area (Å²) >= 11 is 0. The fraction of sp³-hybridized carbons (Fsp3) is 0.300. The molecule has 0 atom stereocenters. The van der Waals surface area contributed by atoms with Crippen LogP contribution in [0.2, 0.25) is 0 Å². The number of anilines is 2. The van der Waals surface area contributed by atoms with Crippen LogP contribution in [0, 0.1) is 0 Å². The van der Waals surface area contributed by atoms with Crippen LogP contribution in [-0.4, -0.2) is 49.3 Å². The second kappa shape index (κ2) is 7.94. The largest absolute Gasteiger partial charge is 0.369 e. The first-order valence-corrected chi connectivity index (χ1v) is 8.55. The molecule has 0 saturated carbocycles. The van der Waals surface area contributed by atoms with Gasteiger partial charge in [0.15, 0.2) is 5.78 Å². The first kappa shape index (κ1) is 17.2. The number of hydrogen-bond donors (Lipinski definition) is 1. The van der Waals surface area contributed by atoms with Crippen LogP contribution in [0.1, 0.15) is 17.3 Å².